The highest BCUT2D eigenvalue weighted by Crippen LogP contribution is 2.21. The van der Waals surface area contributed by atoms with Crippen molar-refractivity contribution in [3.8, 4) is 5.75 Å². The van der Waals surface area contributed by atoms with Crippen molar-refractivity contribution in [2.75, 3.05) is 18.2 Å². The van der Waals surface area contributed by atoms with E-state index < -0.39 is 0 Å². The Kier molecular flexibility index (Phi) is 4.49. The van der Waals surface area contributed by atoms with Crippen LogP contribution in [0.1, 0.15) is 12.0 Å². The number of carbonyl (C=O) groups excluding carboxylic acids is 1. The molecule has 0 unspecified atom stereocenters. The molecular weight excluding hydrogens is 210 g/mol. The van der Waals surface area contributed by atoms with E-state index in [-0.39, 0.29) is 5.91 Å². The van der Waals surface area contributed by atoms with Crippen molar-refractivity contribution in [3.05, 3.63) is 23.8 Å². The SMILES string of the molecule is COc1ccc(NC(=O)CCS)cc1C. The lowest BCUT2D eigenvalue weighted by Gasteiger charge is -2.08. The van der Waals surface area contributed by atoms with Gasteiger partial charge in [-0.25, -0.2) is 0 Å². The lowest BCUT2D eigenvalue weighted by Crippen LogP contribution is -2.11. The summed E-state index contributed by atoms with van der Waals surface area (Å²) in [5.74, 6) is 1.36. The summed E-state index contributed by atoms with van der Waals surface area (Å²) in [5.41, 5.74) is 1.79. The molecule has 1 rings (SSSR count). The number of anilines is 1. The third-order valence-corrected chi connectivity index (χ3v) is 2.24. The predicted molar refractivity (Wildman–Crippen MR) is 64.8 cm³/mol. The van der Waals surface area contributed by atoms with Crippen molar-refractivity contribution in [1.29, 1.82) is 0 Å². The second kappa shape index (κ2) is 5.66. The molecule has 0 saturated carbocycles. The van der Waals surface area contributed by atoms with Gasteiger partial charge in [0.15, 0.2) is 0 Å². The first-order valence-corrected chi connectivity index (χ1v) is 5.36. The molecule has 0 aliphatic rings. The van der Waals surface area contributed by atoms with E-state index in [2.05, 4.69) is 17.9 Å². The number of ether oxygens (including phenoxy) is 1. The fourth-order valence-corrected chi connectivity index (χ4v) is 1.48. The first kappa shape index (κ1) is 11.9. The Balaban J connectivity index is 2.71. The second-order valence-corrected chi connectivity index (χ2v) is 3.65. The van der Waals surface area contributed by atoms with E-state index in [0.717, 1.165) is 17.0 Å². The second-order valence-electron chi connectivity index (χ2n) is 3.21. The van der Waals surface area contributed by atoms with Crippen molar-refractivity contribution in [2.45, 2.75) is 13.3 Å². The molecule has 1 aromatic rings. The van der Waals surface area contributed by atoms with Gasteiger partial charge in [0.05, 0.1) is 7.11 Å². The lowest BCUT2D eigenvalue weighted by atomic mass is 10.2. The van der Waals surface area contributed by atoms with Gasteiger partial charge < -0.3 is 10.1 Å². The molecule has 0 spiro atoms. The zero-order valence-electron chi connectivity index (χ0n) is 8.91. The van der Waals surface area contributed by atoms with Crippen LogP contribution in [0, 0.1) is 6.92 Å². The van der Waals surface area contributed by atoms with Crippen molar-refractivity contribution < 1.29 is 9.53 Å². The monoisotopic (exact) mass is 225 g/mol. The summed E-state index contributed by atoms with van der Waals surface area (Å²) in [5, 5.41) is 2.79. The topological polar surface area (TPSA) is 38.3 Å². The van der Waals surface area contributed by atoms with E-state index in [1.54, 1.807) is 7.11 Å². The number of aryl methyl sites for hydroxylation is 1. The van der Waals surface area contributed by atoms with Crippen molar-refractivity contribution in [2.24, 2.45) is 0 Å². The first-order valence-electron chi connectivity index (χ1n) is 4.72. The van der Waals surface area contributed by atoms with Crippen LogP contribution in [0.5, 0.6) is 5.75 Å². The van der Waals surface area contributed by atoms with Gasteiger partial charge in [0.2, 0.25) is 5.91 Å². The van der Waals surface area contributed by atoms with Gasteiger partial charge in [-0.3, -0.25) is 4.79 Å². The molecule has 1 N–H and O–H groups in total. The molecule has 1 amide bonds. The van der Waals surface area contributed by atoms with Gasteiger partial charge in [-0.05, 0) is 36.4 Å². The van der Waals surface area contributed by atoms with Gasteiger partial charge in [0, 0.05) is 12.1 Å². The summed E-state index contributed by atoms with van der Waals surface area (Å²) in [6, 6.07) is 5.54. The van der Waals surface area contributed by atoms with Gasteiger partial charge in [0.1, 0.15) is 5.75 Å². The minimum absolute atomic E-state index is 0.0189. The Labute approximate surface area is 95.2 Å². The summed E-state index contributed by atoms with van der Waals surface area (Å²) in [4.78, 5) is 11.3. The molecule has 82 valence electrons. The standard InChI is InChI=1S/C11H15NO2S/c1-8-7-9(3-4-10(8)14-2)12-11(13)5-6-15/h3-4,7,15H,5-6H2,1-2H3,(H,12,13). The summed E-state index contributed by atoms with van der Waals surface area (Å²) in [7, 11) is 1.63. The highest BCUT2D eigenvalue weighted by Gasteiger charge is 2.03. The summed E-state index contributed by atoms with van der Waals surface area (Å²) >= 11 is 4.00. The molecule has 0 fully saturated rings. The number of carbonyl (C=O) groups is 1. The van der Waals surface area contributed by atoms with Crippen LogP contribution in [0.2, 0.25) is 0 Å². The van der Waals surface area contributed by atoms with Gasteiger partial charge in [-0.2, -0.15) is 12.6 Å². The third kappa shape index (κ3) is 3.47. The molecule has 4 heteroatoms. The number of amides is 1. The molecule has 0 atom stereocenters. The molecule has 0 radical (unpaired) electrons. The molecule has 0 saturated heterocycles. The minimum atomic E-state index is -0.0189. The number of rotatable bonds is 4. The molecule has 0 bridgehead atoms. The average molecular weight is 225 g/mol. The fraction of sp³-hybridized carbons (Fsp3) is 0.364. The van der Waals surface area contributed by atoms with E-state index in [1.807, 2.05) is 25.1 Å². The van der Waals surface area contributed by atoms with Crippen LogP contribution in [0.4, 0.5) is 5.69 Å². The van der Waals surface area contributed by atoms with E-state index in [9.17, 15) is 4.79 Å². The minimum Gasteiger partial charge on any atom is -0.496 e. The largest absolute Gasteiger partial charge is 0.496 e. The zero-order chi connectivity index (χ0) is 11.3. The van der Waals surface area contributed by atoms with Crippen LogP contribution in [0.3, 0.4) is 0 Å². The Hall–Kier alpha value is -1.16. The average Bonchev–Trinajstić information content (AvgIpc) is 2.18. The summed E-state index contributed by atoms with van der Waals surface area (Å²) < 4.78 is 5.13. The first-order chi connectivity index (χ1) is 7.17. The van der Waals surface area contributed by atoms with Crippen molar-refractivity contribution in [1.82, 2.24) is 0 Å². The quantitative estimate of drug-likeness (QED) is 0.771. The highest BCUT2D eigenvalue weighted by molar-refractivity contribution is 7.80. The number of methoxy groups -OCH3 is 1. The Bertz CT molecular complexity index is 352. The van der Waals surface area contributed by atoms with Gasteiger partial charge in [-0.15, -0.1) is 0 Å². The smallest absolute Gasteiger partial charge is 0.225 e. The number of nitrogens with one attached hydrogen (secondary N) is 1. The molecule has 0 heterocycles. The maximum atomic E-state index is 11.3. The number of hydrogen-bond acceptors (Lipinski definition) is 3. The summed E-state index contributed by atoms with van der Waals surface area (Å²) in [6.07, 6.45) is 0.425. The van der Waals surface area contributed by atoms with E-state index in [1.165, 1.54) is 0 Å². The van der Waals surface area contributed by atoms with Crippen LogP contribution in [0.15, 0.2) is 18.2 Å². The molecule has 0 aliphatic heterocycles. The lowest BCUT2D eigenvalue weighted by molar-refractivity contribution is -0.115. The van der Waals surface area contributed by atoms with E-state index >= 15 is 0 Å². The highest BCUT2D eigenvalue weighted by atomic mass is 32.1. The van der Waals surface area contributed by atoms with Gasteiger partial charge in [0.25, 0.3) is 0 Å². The molecular formula is C11H15NO2S. The van der Waals surface area contributed by atoms with Gasteiger partial charge in [-0.1, -0.05) is 0 Å². The molecule has 3 nitrogen and oxygen atoms in total. The van der Waals surface area contributed by atoms with Crippen LogP contribution >= 0.6 is 12.6 Å². The molecule has 15 heavy (non-hydrogen) atoms. The van der Waals surface area contributed by atoms with E-state index in [0.29, 0.717) is 12.2 Å². The van der Waals surface area contributed by atoms with E-state index in [4.69, 9.17) is 4.74 Å². The summed E-state index contributed by atoms with van der Waals surface area (Å²) in [6.45, 7) is 1.94. The Morgan fingerprint density at radius 2 is 2.27 bits per heavy atom. The fourth-order valence-electron chi connectivity index (χ4n) is 1.28. The normalized spacial score (nSPS) is 9.80. The molecule has 1 aromatic carbocycles. The molecule has 0 aliphatic carbocycles. The number of benzene rings is 1. The van der Waals surface area contributed by atoms with Crippen molar-refractivity contribution in [3.63, 3.8) is 0 Å². The van der Waals surface area contributed by atoms with Crippen LogP contribution in [0.25, 0.3) is 0 Å². The maximum absolute atomic E-state index is 11.3. The Morgan fingerprint density at radius 1 is 1.53 bits per heavy atom. The van der Waals surface area contributed by atoms with Crippen LogP contribution < -0.4 is 10.1 Å². The predicted octanol–water partition coefficient (Wildman–Crippen LogP) is 2.26. The van der Waals surface area contributed by atoms with Crippen LogP contribution in [-0.4, -0.2) is 18.8 Å². The van der Waals surface area contributed by atoms with Crippen LogP contribution in [-0.2, 0) is 4.79 Å². The zero-order valence-corrected chi connectivity index (χ0v) is 9.80. The Morgan fingerprint density at radius 3 is 2.80 bits per heavy atom. The number of thiol groups is 1. The third-order valence-electron chi connectivity index (χ3n) is 2.02. The number of hydrogen-bond donors (Lipinski definition) is 2. The van der Waals surface area contributed by atoms with Gasteiger partial charge >= 0.3 is 0 Å². The van der Waals surface area contributed by atoms with Crippen molar-refractivity contribution >= 4 is 24.2 Å². The molecule has 0 aromatic heterocycles. The maximum Gasteiger partial charge on any atom is 0.225 e.